The highest BCUT2D eigenvalue weighted by atomic mass is 16.2. The van der Waals surface area contributed by atoms with Gasteiger partial charge in [-0.3, -0.25) is 4.90 Å². The average molecular weight is 390 g/mol. The van der Waals surface area contributed by atoms with Crippen molar-refractivity contribution in [2.24, 2.45) is 0 Å². The molecule has 0 spiro atoms. The molecule has 1 fully saturated rings. The Kier molecular flexibility index (Phi) is 5.71. The van der Waals surface area contributed by atoms with E-state index in [0.717, 1.165) is 60.6 Å². The molecule has 0 radical (unpaired) electrons. The Morgan fingerprint density at radius 1 is 1.00 bits per heavy atom. The van der Waals surface area contributed by atoms with Gasteiger partial charge in [0, 0.05) is 31.4 Å². The van der Waals surface area contributed by atoms with Crippen molar-refractivity contribution in [2.75, 3.05) is 18.4 Å². The van der Waals surface area contributed by atoms with E-state index in [1.165, 1.54) is 5.56 Å². The molecule has 150 valence electrons. The Morgan fingerprint density at radius 3 is 2.41 bits per heavy atom. The van der Waals surface area contributed by atoms with Gasteiger partial charge in [0.1, 0.15) is 0 Å². The number of fused-ring (bicyclic) bond motifs is 1. The molecular weight excluding hydrogens is 362 g/mol. The second-order valence-electron chi connectivity index (χ2n) is 7.73. The van der Waals surface area contributed by atoms with E-state index in [-0.39, 0.29) is 12.1 Å². The Bertz CT molecular complexity index is 997. The maximum atomic E-state index is 12.4. The monoisotopic (exact) mass is 389 g/mol. The fraction of sp³-hybridized carbons (Fsp3) is 0.348. The molecule has 0 unspecified atom stereocenters. The molecule has 2 aromatic carbocycles. The Labute approximate surface area is 171 Å². The van der Waals surface area contributed by atoms with Crippen molar-refractivity contribution in [3.05, 3.63) is 65.5 Å². The lowest BCUT2D eigenvalue weighted by molar-refractivity contribution is 0.190. The summed E-state index contributed by atoms with van der Waals surface area (Å²) in [6.07, 6.45) is 1.92. The summed E-state index contributed by atoms with van der Waals surface area (Å²) in [7, 11) is 0. The minimum absolute atomic E-state index is 0.164. The summed E-state index contributed by atoms with van der Waals surface area (Å²) in [5, 5.41) is 6.04. The first-order valence-electron chi connectivity index (χ1n) is 10.2. The van der Waals surface area contributed by atoms with Crippen LogP contribution in [0.25, 0.3) is 11.0 Å². The van der Waals surface area contributed by atoms with Crippen LogP contribution in [0, 0.1) is 13.8 Å². The normalized spacial score (nSPS) is 15.4. The quantitative estimate of drug-likeness (QED) is 0.707. The number of piperidine rings is 1. The van der Waals surface area contributed by atoms with Gasteiger partial charge in [0.15, 0.2) is 0 Å². The number of likely N-dealkylation sites (tertiary alicyclic amines) is 1. The SMILES string of the molecule is Cc1nc2ccc(NC(=O)NC3CCN(Cc4ccccc4)CC3)cc2nc1C. The van der Waals surface area contributed by atoms with Gasteiger partial charge in [-0.1, -0.05) is 30.3 Å². The van der Waals surface area contributed by atoms with Gasteiger partial charge in [-0.2, -0.15) is 0 Å². The minimum atomic E-state index is -0.164. The number of rotatable bonds is 4. The third-order valence-electron chi connectivity index (χ3n) is 5.51. The van der Waals surface area contributed by atoms with Gasteiger partial charge in [-0.05, 0) is 50.5 Å². The fourth-order valence-electron chi connectivity index (χ4n) is 3.74. The van der Waals surface area contributed by atoms with Crippen molar-refractivity contribution in [1.82, 2.24) is 20.2 Å². The molecule has 6 nitrogen and oxygen atoms in total. The van der Waals surface area contributed by atoms with Crippen LogP contribution in [0.2, 0.25) is 0 Å². The number of hydrogen-bond donors (Lipinski definition) is 2. The number of nitrogens with zero attached hydrogens (tertiary/aromatic N) is 3. The molecule has 6 heteroatoms. The molecule has 3 aromatic rings. The molecule has 0 bridgehead atoms. The van der Waals surface area contributed by atoms with Crippen molar-refractivity contribution in [1.29, 1.82) is 0 Å². The number of benzene rings is 2. The molecule has 1 saturated heterocycles. The number of amides is 2. The van der Waals surface area contributed by atoms with E-state index in [1.54, 1.807) is 0 Å². The summed E-state index contributed by atoms with van der Waals surface area (Å²) < 4.78 is 0. The largest absolute Gasteiger partial charge is 0.335 e. The molecule has 0 atom stereocenters. The second-order valence-corrected chi connectivity index (χ2v) is 7.73. The highest BCUT2D eigenvalue weighted by Crippen LogP contribution is 2.18. The van der Waals surface area contributed by atoms with Crippen LogP contribution in [0.15, 0.2) is 48.5 Å². The molecular formula is C23H27N5O. The van der Waals surface area contributed by atoms with Gasteiger partial charge in [-0.25, -0.2) is 14.8 Å². The van der Waals surface area contributed by atoms with Crippen LogP contribution in [-0.4, -0.2) is 40.0 Å². The standard InChI is InChI=1S/C23H27N5O/c1-16-17(2)25-22-14-20(8-9-21(22)24-16)27-23(29)26-19-10-12-28(13-11-19)15-18-6-4-3-5-7-18/h3-9,14,19H,10-13,15H2,1-2H3,(H2,26,27,29). The number of urea groups is 1. The van der Waals surface area contributed by atoms with Crippen molar-refractivity contribution in [3.63, 3.8) is 0 Å². The summed E-state index contributed by atoms with van der Waals surface area (Å²) in [6, 6.07) is 16.2. The van der Waals surface area contributed by atoms with Crippen LogP contribution in [0.1, 0.15) is 29.8 Å². The van der Waals surface area contributed by atoms with Crippen LogP contribution >= 0.6 is 0 Å². The topological polar surface area (TPSA) is 70.2 Å². The lowest BCUT2D eigenvalue weighted by atomic mass is 10.0. The first-order chi connectivity index (χ1) is 14.1. The fourth-order valence-corrected chi connectivity index (χ4v) is 3.74. The summed E-state index contributed by atoms with van der Waals surface area (Å²) in [5.74, 6) is 0. The summed E-state index contributed by atoms with van der Waals surface area (Å²) in [6.45, 7) is 6.84. The zero-order valence-corrected chi connectivity index (χ0v) is 17.0. The van der Waals surface area contributed by atoms with Crippen molar-refractivity contribution in [3.8, 4) is 0 Å². The Morgan fingerprint density at radius 2 is 1.69 bits per heavy atom. The summed E-state index contributed by atoms with van der Waals surface area (Å²) in [5.41, 5.74) is 5.52. The second kappa shape index (κ2) is 8.57. The molecule has 2 amide bonds. The molecule has 29 heavy (non-hydrogen) atoms. The van der Waals surface area contributed by atoms with E-state index in [0.29, 0.717) is 0 Å². The molecule has 1 aliphatic rings. The predicted octanol–water partition coefficient (Wildman–Crippen LogP) is 4.03. The van der Waals surface area contributed by atoms with Crippen LogP contribution in [-0.2, 0) is 6.54 Å². The first kappa shape index (κ1) is 19.3. The van der Waals surface area contributed by atoms with Crippen LogP contribution in [0.3, 0.4) is 0 Å². The maximum absolute atomic E-state index is 12.4. The van der Waals surface area contributed by atoms with E-state index in [2.05, 4.69) is 49.8 Å². The number of nitrogens with one attached hydrogen (secondary N) is 2. The van der Waals surface area contributed by atoms with Crippen LogP contribution in [0.4, 0.5) is 10.5 Å². The van der Waals surface area contributed by atoms with Gasteiger partial charge in [0.2, 0.25) is 0 Å². The number of anilines is 1. The van der Waals surface area contributed by atoms with Gasteiger partial charge >= 0.3 is 6.03 Å². The van der Waals surface area contributed by atoms with Crippen LogP contribution < -0.4 is 10.6 Å². The molecule has 0 aliphatic carbocycles. The van der Waals surface area contributed by atoms with Gasteiger partial charge < -0.3 is 10.6 Å². The smallest absolute Gasteiger partial charge is 0.319 e. The number of aryl methyl sites for hydroxylation is 2. The van der Waals surface area contributed by atoms with E-state index in [9.17, 15) is 4.79 Å². The minimum Gasteiger partial charge on any atom is -0.335 e. The van der Waals surface area contributed by atoms with E-state index < -0.39 is 0 Å². The van der Waals surface area contributed by atoms with Gasteiger partial charge in [0.05, 0.1) is 22.4 Å². The van der Waals surface area contributed by atoms with E-state index in [1.807, 2.05) is 38.1 Å². The zero-order valence-electron chi connectivity index (χ0n) is 17.0. The van der Waals surface area contributed by atoms with Crippen molar-refractivity contribution < 1.29 is 4.79 Å². The molecule has 2 N–H and O–H groups in total. The maximum Gasteiger partial charge on any atom is 0.319 e. The highest BCUT2D eigenvalue weighted by Gasteiger charge is 2.20. The van der Waals surface area contributed by atoms with Crippen LogP contribution in [0.5, 0.6) is 0 Å². The molecule has 1 aliphatic heterocycles. The highest BCUT2D eigenvalue weighted by molar-refractivity contribution is 5.92. The van der Waals surface area contributed by atoms with Crippen molar-refractivity contribution >= 4 is 22.8 Å². The third-order valence-corrected chi connectivity index (χ3v) is 5.51. The summed E-state index contributed by atoms with van der Waals surface area (Å²) >= 11 is 0. The first-order valence-corrected chi connectivity index (χ1v) is 10.2. The Balaban J connectivity index is 1.29. The predicted molar refractivity (Wildman–Crippen MR) is 116 cm³/mol. The lowest BCUT2D eigenvalue weighted by Gasteiger charge is -2.32. The third kappa shape index (κ3) is 4.90. The average Bonchev–Trinajstić information content (AvgIpc) is 2.71. The number of carbonyl (C=O) groups is 1. The summed E-state index contributed by atoms with van der Waals surface area (Å²) in [4.78, 5) is 24.0. The Hall–Kier alpha value is -2.99. The number of carbonyl (C=O) groups excluding carboxylic acids is 1. The van der Waals surface area contributed by atoms with Gasteiger partial charge in [-0.15, -0.1) is 0 Å². The zero-order chi connectivity index (χ0) is 20.2. The molecule has 2 heterocycles. The van der Waals surface area contributed by atoms with Gasteiger partial charge in [0.25, 0.3) is 0 Å². The molecule has 4 rings (SSSR count). The number of hydrogen-bond acceptors (Lipinski definition) is 4. The van der Waals surface area contributed by atoms with Crippen molar-refractivity contribution in [2.45, 2.75) is 39.3 Å². The van der Waals surface area contributed by atoms with E-state index >= 15 is 0 Å². The molecule has 1 aromatic heterocycles. The molecule has 0 saturated carbocycles. The lowest BCUT2D eigenvalue weighted by Crippen LogP contribution is -2.45. The number of aromatic nitrogens is 2. The van der Waals surface area contributed by atoms with E-state index in [4.69, 9.17) is 0 Å².